The summed E-state index contributed by atoms with van der Waals surface area (Å²) < 4.78 is 5.20. The van der Waals surface area contributed by atoms with Crippen LogP contribution in [0, 0.1) is 18.3 Å². The number of carbonyl (C=O) groups excluding carboxylic acids is 1. The van der Waals surface area contributed by atoms with Gasteiger partial charge in [-0.05, 0) is 31.2 Å². The minimum absolute atomic E-state index is 0.0450. The predicted molar refractivity (Wildman–Crippen MR) is 94.6 cm³/mol. The van der Waals surface area contributed by atoms with E-state index in [4.69, 9.17) is 10.00 Å². The number of pyridine rings is 1. The van der Waals surface area contributed by atoms with Gasteiger partial charge >= 0.3 is 5.97 Å². The Morgan fingerprint density at radius 2 is 2.04 bits per heavy atom. The van der Waals surface area contributed by atoms with Crippen molar-refractivity contribution in [1.82, 2.24) is 9.97 Å². The fourth-order valence-corrected chi connectivity index (χ4v) is 2.73. The highest BCUT2D eigenvalue weighted by atomic mass is 32.1. The van der Waals surface area contributed by atoms with Crippen LogP contribution in [0.4, 0.5) is 10.8 Å². The quantitative estimate of drug-likeness (QED) is 0.704. The first-order chi connectivity index (χ1) is 12.1. The number of benzene rings is 1. The summed E-state index contributed by atoms with van der Waals surface area (Å²) in [6.45, 7) is 2.07. The van der Waals surface area contributed by atoms with Crippen LogP contribution in [-0.2, 0) is 11.3 Å². The highest BCUT2D eigenvalue weighted by molar-refractivity contribution is 7.13. The third-order valence-corrected chi connectivity index (χ3v) is 4.09. The van der Waals surface area contributed by atoms with Gasteiger partial charge in [0.2, 0.25) is 0 Å². The third kappa shape index (κ3) is 4.40. The second-order valence-electron chi connectivity index (χ2n) is 5.23. The number of hydrogen-bond donors (Lipinski definition) is 1. The van der Waals surface area contributed by atoms with Crippen LogP contribution in [0.1, 0.15) is 27.4 Å². The Labute approximate surface area is 148 Å². The van der Waals surface area contributed by atoms with E-state index in [0.29, 0.717) is 5.69 Å². The van der Waals surface area contributed by atoms with Crippen LogP contribution in [0.25, 0.3) is 0 Å². The number of esters is 1. The lowest BCUT2D eigenvalue weighted by molar-refractivity contribution is 0.0461. The summed E-state index contributed by atoms with van der Waals surface area (Å²) in [7, 11) is 0. The molecule has 0 amide bonds. The second kappa shape index (κ2) is 7.55. The summed E-state index contributed by atoms with van der Waals surface area (Å²) >= 11 is 1.43. The van der Waals surface area contributed by atoms with E-state index in [1.165, 1.54) is 29.0 Å². The molecular formula is C18H14N4O2S. The van der Waals surface area contributed by atoms with Gasteiger partial charge in [-0.3, -0.25) is 0 Å². The van der Waals surface area contributed by atoms with Crippen molar-refractivity contribution >= 4 is 28.1 Å². The van der Waals surface area contributed by atoms with Gasteiger partial charge in [-0.2, -0.15) is 5.26 Å². The Hall–Kier alpha value is -3.24. The van der Waals surface area contributed by atoms with Gasteiger partial charge in [0.25, 0.3) is 0 Å². The Morgan fingerprint density at radius 1 is 1.24 bits per heavy atom. The number of hydrogen-bond acceptors (Lipinski definition) is 7. The number of thiazole rings is 1. The zero-order valence-electron chi connectivity index (χ0n) is 13.4. The number of nitrogens with zero attached hydrogens (tertiary/aromatic N) is 3. The van der Waals surface area contributed by atoms with Crippen LogP contribution in [0.5, 0.6) is 0 Å². The van der Waals surface area contributed by atoms with Crippen molar-refractivity contribution in [2.45, 2.75) is 13.5 Å². The average Bonchev–Trinajstić information content (AvgIpc) is 3.09. The molecule has 0 aliphatic carbocycles. The highest BCUT2D eigenvalue weighted by Crippen LogP contribution is 2.21. The molecule has 0 spiro atoms. The van der Waals surface area contributed by atoms with Crippen LogP contribution in [0.2, 0.25) is 0 Å². The molecule has 25 heavy (non-hydrogen) atoms. The molecule has 0 saturated heterocycles. The standard InChI is InChI=1S/C18H14N4O2S/c1-12-5-7-13(8-6-12)21-18-22-15(11-25-18)10-24-17(23)16-4-2-3-14(9-19)20-16/h2-8,11H,10H2,1H3,(H,21,22). The summed E-state index contributed by atoms with van der Waals surface area (Å²) in [6, 6.07) is 14.5. The number of anilines is 2. The maximum atomic E-state index is 12.0. The molecule has 0 unspecified atom stereocenters. The SMILES string of the molecule is Cc1ccc(Nc2nc(COC(=O)c3cccc(C#N)n3)cs2)cc1. The molecule has 2 heterocycles. The minimum atomic E-state index is -0.585. The summed E-state index contributed by atoms with van der Waals surface area (Å²) in [4.78, 5) is 20.3. The highest BCUT2D eigenvalue weighted by Gasteiger charge is 2.11. The largest absolute Gasteiger partial charge is 0.454 e. The van der Waals surface area contributed by atoms with Gasteiger partial charge in [0.05, 0.1) is 5.69 Å². The van der Waals surface area contributed by atoms with E-state index in [-0.39, 0.29) is 18.0 Å². The number of rotatable bonds is 5. The molecule has 0 radical (unpaired) electrons. The van der Waals surface area contributed by atoms with Gasteiger partial charge in [0.15, 0.2) is 5.13 Å². The molecule has 0 aliphatic rings. The van der Waals surface area contributed by atoms with E-state index in [1.807, 2.05) is 42.6 Å². The van der Waals surface area contributed by atoms with Crippen LogP contribution < -0.4 is 5.32 Å². The van der Waals surface area contributed by atoms with Crippen molar-refractivity contribution in [2.75, 3.05) is 5.32 Å². The number of nitrogens with one attached hydrogen (secondary N) is 1. The van der Waals surface area contributed by atoms with Gasteiger partial charge < -0.3 is 10.1 Å². The smallest absolute Gasteiger partial charge is 0.357 e. The molecule has 0 atom stereocenters. The maximum absolute atomic E-state index is 12.0. The Balaban J connectivity index is 1.58. The average molecular weight is 350 g/mol. The van der Waals surface area contributed by atoms with Crippen molar-refractivity contribution < 1.29 is 9.53 Å². The normalized spacial score (nSPS) is 10.1. The third-order valence-electron chi connectivity index (χ3n) is 3.28. The first-order valence-electron chi connectivity index (χ1n) is 7.46. The number of ether oxygens (including phenoxy) is 1. The monoisotopic (exact) mass is 350 g/mol. The number of carbonyl (C=O) groups is 1. The fourth-order valence-electron chi connectivity index (χ4n) is 2.02. The molecule has 7 heteroatoms. The van der Waals surface area contributed by atoms with Gasteiger partial charge in [-0.15, -0.1) is 11.3 Å². The summed E-state index contributed by atoms with van der Waals surface area (Å²) in [5, 5.41) is 14.6. The zero-order valence-corrected chi connectivity index (χ0v) is 14.2. The Morgan fingerprint density at radius 3 is 2.80 bits per heavy atom. The molecule has 1 N–H and O–H groups in total. The van der Waals surface area contributed by atoms with Crippen molar-refractivity contribution in [3.05, 3.63) is 70.5 Å². The lowest BCUT2D eigenvalue weighted by Crippen LogP contribution is -2.08. The molecular weight excluding hydrogens is 336 g/mol. The van der Waals surface area contributed by atoms with Crippen molar-refractivity contribution in [2.24, 2.45) is 0 Å². The van der Waals surface area contributed by atoms with E-state index in [9.17, 15) is 4.79 Å². The molecule has 0 fully saturated rings. The van der Waals surface area contributed by atoms with Gasteiger partial charge in [0.1, 0.15) is 24.1 Å². The molecule has 124 valence electrons. The molecule has 0 saturated carbocycles. The summed E-state index contributed by atoms with van der Waals surface area (Å²) in [5.41, 5.74) is 3.05. The van der Waals surface area contributed by atoms with Crippen LogP contribution in [-0.4, -0.2) is 15.9 Å². The Kier molecular flexibility index (Phi) is 5.02. The molecule has 2 aromatic heterocycles. The summed E-state index contributed by atoms with van der Waals surface area (Å²) in [6.07, 6.45) is 0. The summed E-state index contributed by atoms with van der Waals surface area (Å²) in [5.74, 6) is -0.585. The Bertz CT molecular complexity index is 929. The lowest BCUT2D eigenvalue weighted by atomic mass is 10.2. The topological polar surface area (TPSA) is 87.9 Å². The first-order valence-corrected chi connectivity index (χ1v) is 8.34. The zero-order chi connectivity index (χ0) is 17.6. The van der Waals surface area contributed by atoms with Crippen molar-refractivity contribution in [3.8, 4) is 6.07 Å². The number of nitriles is 1. The van der Waals surface area contributed by atoms with Crippen LogP contribution >= 0.6 is 11.3 Å². The van der Waals surface area contributed by atoms with E-state index >= 15 is 0 Å². The molecule has 3 rings (SSSR count). The van der Waals surface area contributed by atoms with Gasteiger partial charge in [0, 0.05) is 11.1 Å². The molecule has 0 bridgehead atoms. The van der Waals surface area contributed by atoms with Crippen molar-refractivity contribution in [3.63, 3.8) is 0 Å². The van der Waals surface area contributed by atoms with Gasteiger partial charge in [-0.25, -0.2) is 14.8 Å². The number of aromatic nitrogens is 2. The van der Waals surface area contributed by atoms with Crippen molar-refractivity contribution in [1.29, 1.82) is 5.26 Å². The molecule has 0 aliphatic heterocycles. The number of aryl methyl sites for hydroxylation is 1. The van der Waals surface area contributed by atoms with Gasteiger partial charge in [-0.1, -0.05) is 23.8 Å². The van der Waals surface area contributed by atoms with E-state index in [0.717, 1.165) is 10.8 Å². The van der Waals surface area contributed by atoms with Crippen LogP contribution in [0.15, 0.2) is 47.8 Å². The maximum Gasteiger partial charge on any atom is 0.357 e. The predicted octanol–water partition coefficient (Wildman–Crippen LogP) is 3.82. The van der Waals surface area contributed by atoms with E-state index < -0.39 is 5.97 Å². The van der Waals surface area contributed by atoms with E-state index in [2.05, 4.69) is 15.3 Å². The fraction of sp³-hybridized carbons (Fsp3) is 0.111. The second-order valence-corrected chi connectivity index (χ2v) is 6.09. The van der Waals surface area contributed by atoms with E-state index in [1.54, 1.807) is 6.07 Å². The lowest BCUT2D eigenvalue weighted by Gasteiger charge is -2.03. The minimum Gasteiger partial charge on any atom is -0.454 e. The molecule has 6 nitrogen and oxygen atoms in total. The molecule has 1 aromatic carbocycles. The van der Waals surface area contributed by atoms with Crippen LogP contribution in [0.3, 0.4) is 0 Å². The first kappa shape index (κ1) is 16.6. The molecule has 3 aromatic rings.